The molecule has 1 amide bonds. The number of rotatable bonds is 6. The molecule has 0 saturated heterocycles. The first-order valence-electron chi connectivity index (χ1n) is 5.42. The van der Waals surface area contributed by atoms with Crippen LogP contribution in [-0.4, -0.2) is 63.0 Å². The first-order chi connectivity index (χ1) is 6.84. The first-order valence-corrected chi connectivity index (χ1v) is 5.42. The van der Waals surface area contributed by atoms with Gasteiger partial charge in [0.15, 0.2) is 0 Å². The van der Waals surface area contributed by atoms with Gasteiger partial charge >= 0.3 is 0 Å². The van der Waals surface area contributed by atoms with E-state index >= 15 is 0 Å². The molecule has 1 N–H and O–H groups in total. The van der Waals surface area contributed by atoms with Crippen molar-refractivity contribution in [3.63, 3.8) is 0 Å². The molecule has 4 heteroatoms. The number of amides is 1. The SMILES string of the molecule is CC(C)C(CN(C)C)NCC(=O)N(C)C. The van der Waals surface area contributed by atoms with E-state index in [1.807, 2.05) is 14.1 Å². The van der Waals surface area contributed by atoms with Gasteiger partial charge in [-0.1, -0.05) is 13.8 Å². The monoisotopic (exact) mass is 215 g/mol. The minimum atomic E-state index is 0.124. The van der Waals surface area contributed by atoms with E-state index < -0.39 is 0 Å². The van der Waals surface area contributed by atoms with E-state index in [9.17, 15) is 4.79 Å². The fraction of sp³-hybridized carbons (Fsp3) is 0.909. The molecule has 1 unspecified atom stereocenters. The molecule has 0 aliphatic heterocycles. The van der Waals surface area contributed by atoms with Gasteiger partial charge in [0, 0.05) is 26.7 Å². The number of carbonyl (C=O) groups is 1. The van der Waals surface area contributed by atoms with Crippen molar-refractivity contribution >= 4 is 5.91 Å². The van der Waals surface area contributed by atoms with Gasteiger partial charge in [0.05, 0.1) is 6.54 Å². The maximum atomic E-state index is 11.4. The van der Waals surface area contributed by atoms with Gasteiger partial charge in [-0.2, -0.15) is 0 Å². The lowest BCUT2D eigenvalue weighted by Crippen LogP contribution is -2.46. The molecule has 0 aromatic heterocycles. The van der Waals surface area contributed by atoms with Crippen LogP contribution in [0.15, 0.2) is 0 Å². The van der Waals surface area contributed by atoms with Gasteiger partial charge in [0.25, 0.3) is 0 Å². The van der Waals surface area contributed by atoms with Crippen LogP contribution in [0.2, 0.25) is 0 Å². The van der Waals surface area contributed by atoms with Crippen LogP contribution in [0.4, 0.5) is 0 Å². The minimum absolute atomic E-state index is 0.124. The molecule has 0 radical (unpaired) electrons. The molecule has 0 aliphatic rings. The Morgan fingerprint density at radius 2 is 1.73 bits per heavy atom. The van der Waals surface area contributed by atoms with E-state index in [0.717, 1.165) is 6.54 Å². The van der Waals surface area contributed by atoms with Crippen LogP contribution in [0.1, 0.15) is 13.8 Å². The Kier molecular flexibility index (Phi) is 6.52. The number of nitrogens with zero attached hydrogens (tertiary/aromatic N) is 2. The summed E-state index contributed by atoms with van der Waals surface area (Å²) in [6, 6.07) is 0.365. The Morgan fingerprint density at radius 1 is 1.20 bits per heavy atom. The Labute approximate surface area is 93.6 Å². The molecule has 0 saturated carbocycles. The number of nitrogens with one attached hydrogen (secondary N) is 1. The summed E-state index contributed by atoms with van der Waals surface area (Å²) in [6.45, 7) is 5.71. The summed E-state index contributed by atoms with van der Waals surface area (Å²) >= 11 is 0. The molecule has 0 heterocycles. The topological polar surface area (TPSA) is 35.6 Å². The van der Waals surface area contributed by atoms with Crippen molar-refractivity contribution in [3.05, 3.63) is 0 Å². The Morgan fingerprint density at radius 3 is 2.07 bits per heavy atom. The quantitative estimate of drug-likeness (QED) is 0.690. The van der Waals surface area contributed by atoms with Crippen molar-refractivity contribution in [1.29, 1.82) is 0 Å². The van der Waals surface area contributed by atoms with E-state index in [2.05, 4.69) is 24.1 Å². The second-order valence-corrected chi connectivity index (χ2v) is 4.78. The summed E-state index contributed by atoms with van der Waals surface area (Å²) < 4.78 is 0. The second-order valence-electron chi connectivity index (χ2n) is 4.78. The highest BCUT2D eigenvalue weighted by molar-refractivity contribution is 5.77. The summed E-state index contributed by atoms with van der Waals surface area (Å²) in [7, 11) is 7.65. The summed E-state index contributed by atoms with van der Waals surface area (Å²) in [5, 5.41) is 3.30. The number of hydrogen-bond donors (Lipinski definition) is 1. The Hall–Kier alpha value is -0.610. The Balaban J connectivity index is 4.02. The summed E-state index contributed by atoms with van der Waals surface area (Å²) in [5.74, 6) is 0.654. The van der Waals surface area contributed by atoms with Gasteiger partial charge in [0.2, 0.25) is 5.91 Å². The van der Waals surface area contributed by atoms with E-state index in [4.69, 9.17) is 0 Å². The maximum absolute atomic E-state index is 11.4. The molecule has 0 bridgehead atoms. The summed E-state index contributed by atoms with van der Waals surface area (Å²) in [4.78, 5) is 15.2. The average molecular weight is 215 g/mol. The zero-order valence-electron chi connectivity index (χ0n) is 10.9. The highest BCUT2D eigenvalue weighted by Crippen LogP contribution is 2.02. The number of likely N-dealkylation sites (N-methyl/N-ethyl adjacent to an activating group) is 2. The fourth-order valence-corrected chi connectivity index (χ4v) is 1.28. The number of carbonyl (C=O) groups excluding carboxylic acids is 1. The fourth-order valence-electron chi connectivity index (χ4n) is 1.28. The predicted molar refractivity (Wildman–Crippen MR) is 63.9 cm³/mol. The molecule has 0 aromatic carbocycles. The molecule has 0 rings (SSSR count). The minimum Gasteiger partial charge on any atom is -0.348 e. The van der Waals surface area contributed by atoms with E-state index in [1.54, 1.807) is 19.0 Å². The van der Waals surface area contributed by atoms with Crippen LogP contribution >= 0.6 is 0 Å². The van der Waals surface area contributed by atoms with Crippen LogP contribution in [0.25, 0.3) is 0 Å². The third-order valence-electron chi connectivity index (χ3n) is 2.38. The summed E-state index contributed by atoms with van der Waals surface area (Å²) in [5.41, 5.74) is 0. The lowest BCUT2D eigenvalue weighted by atomic mass is 10.0. The lowest BCUT2D eigenvalue weighted by Gasteiger charge is -2.26. The molecule has 0 aromatic rings. The molecule has 0 aliphatic carbocycles. The molecule has 4 nitrogen and oxygen atoms in total. The van der Waals surface area contributed by atoms with E-state index in [0.29, 0.717) is 18.5 Å². The van der Waals surface area contributed by atoms with Crippen molar-refractivity contribution in [2.75, 3.05) is 41.3 Å². The molecule has 1 atom stereocenters. The molecule has 0 fully saturated rings. The van der Waals surface area contributed by atoms with Crippen molar-refractivity contribution in [2.24, 2.45) is 5.92 Å². The van der Waals surface area contributed by atoms with Crippen LogP contribution in [0, 0.1) is 5.92 Å². The molecule has 90 valence electrons. The predicted octanol–water partition coefficient (Wildman–Crippen LogP) is 0.250. The van der Waals surface area contributed by atoms with E-state index in [-0.39, 0.29) is 5.91 Å². The highest BCUT2D eigenvalue weighted by Gasteiger charge is 2.15. The molecular formula is C11H25N3O. The van der Waals surface area contributed by atoms with Gasteiger partial charge in [-0.25, -0.2) is 0 Å². The standard InChI is InChI=1S/C11H25N3O/c1-9(2)10(8-13(3)4)12-7-11(15)14(5)6/h9-10,12H,7-8H2,1-6H3. The average Bonchev–Trinajstić information content (AvgIpc) is 2.10. The van der Waals surface area contributed by atoms with Gasteiger partial charge < -0.3 is 15.1 Å². The van der Waals surface area contributed by atoms with Crippen molar-refractivity contribution < 1.29 is 4.79 Å². The zero-order chi connectivity index (χ0) is 12.0. The van der Waals surface area contributed by atoms with Gasteiger partial charge in [-0.3, -0.25) is 4.79 Å². The largest absolute Gasteiger partial charge is 0.348 e. The second kappa shape index (κ2) is 6.80. The molecule has 0 spiro atoms. The third-order valence-corrected chi connectivity index (χ3v) is 2.38. The van der Waals surface area contributed by atoms with Crippen molar-refractivity contribution in [3.8, 4) is 0 Å². The summed E-state index contributed by atoms with van der Waals surface area (Å²) in [6.07, 6.45) is 0. The van der Waals surface area contributed by atoms with Crippen LogP contribution in [0.3, 0.4) is 0 Å². The van der Waals surface area contributed by atoms with Crippen molar-refractivity contribution in [1.82, 2.24) is 15.1 Å². The molecular weight excluding hydrogens is 190 g/mol. The maximum Gasteiger partial charge on any atom is 0.236 e. The van der Waals surface area contributed by atoms with Crippen LogP contribution < -0.4 is 5.32 Å². The highest BCUT2D eigenvalue weighted by atomic mass is 16.2. The van der Waals surface area contributed by atoms with Crippen LogP contribution in [0.5, 0.6) is 0 Å². The van der Waals surface area contributed by atoms with Crippen molar-refractivity contribution in [2.45, 2.75) is 19.9 Å². The normalized spacial score (nSPS) is 13.3. The lowest BCUT2D eigenvalue weighted by molar-refractivity contribution is -0.127. The molecule has 15 heavy (non-hydrogen) atoms. The smallest absolute Gasteiger partial charge is 0.236 e. The third kappa shape index (κ3) is 6.47. The Bertz CT molecular complexity index is 190. The first kappa shape index (κ1) is 14.4. The van der Waals surface area contributed by atoms with Gasteiger partial charge in [-0.05, 0) is 20.0 Å². The van der Waals surface area contributed by atoms with Gasteiger partial charge in [0.1, 0.15) is 0 Å². The number of hydrogen-bond acceptors (Lipinski definition) is 3. The van der Waals surface area contributed by atoms with Crippen LogP contribution in [-0.2, 0) is 4.79 Å². The zero-order valence-corrected chi connectivity index (χ0v) is 10.9. The van der Waals surface area contributed by atoms with Gasteiger partial charge in [-0.15, -0.1) is 0 Å². The van der Waals surface area contributed by atoms with E-state index in [1.165, 1.54) is 0 Å².